The summed E-state index contributed by atoms with van der Waals surface area (Å²) in [6, 6.07) is 14.1. The van der Waals surface area contributed by atoms with Gasteiger partial charge < -0.3 is 10.3 Å². The molecule has 4 heteroatoms. The summed E-state index contributed by atoms with van der Waals surface area (Å²) in [5, 5.41) is 2.95. The molecule has 4 rings (SSSR count). The average molecular weight is 291 g/mol. The third-order valence-electron chi connectivity index (χ3n) is 4.29. The standard InChI is InChI=1S/C18H17N3O/c1-18(2)10-16(22)19-13-8-7-11(9-12(13)18)17-20-14-5-3-4-6-15(14)21-17/h3-9H,10H2,1-2H3,(H,19,22)(H,20,21). The van der Waals surface area contributed by atoms with E-state index in [9.17, 15) is 4.79 Å². The summed E-state index contributed by atoms with van der Waals surface area (Å²) in [6.07, 6.45) is 0.504. The lowest BCUT2D eigenvalue weighted by molar-refractivity contribution is -0.117. The highest BCUT2D eigenvalue weighted by molar-refractivity contribution is 5.96. The second kappa shape index (κ2) is 4.44. The number of carbonyl (C=O) groups is 1. The Morgan fingerprint density at radius 2 is 1.95 bits per heavy atom. The van der Waals surface area contributed by atoms with Crippen LogP contribution in [0.3, 0.4) is 0 Å². The molecule has 22 heavy (non-hydrogen) atoms. The van der Waals surface area contributed by atoms with Crippen molar-refractivity contribution in [3.05, 3.63) is 48.0 Å². The summed E-state index contributed by atoms with van der Waals surface area (Å²) in [6.45, 7) is 4.21. The molecule has 0 radical (unpaired) electrons. The first-order valence-corrected chi connectivity index (χ1v) is 7.42. The molecule has 0 saturated carbocycles. The number of aromatic nitrogens is 2. The molecule has 0 saturated heterocycles. The van der Waals surface area contributed by atoms with Gasteiger partial charge in [-0.3, -0.25) is 4.79 Å². The fraction of sp³-hybridized carbons (Fsp3) is 0.222. The van der Waals surface area contributed by atoms with Crippen molar-refractivity contribution >= 4 is 22.6 Å². The highest BCUT2D eigenvalue weighted by atomic mass is 16.1. The van der Waals surface area contributed by atoms with Crippen molar-refractivity contribution in [2.24, 2.45) is 0 Å². The van der Waals surface area contributed by atoms with E-state index in [1.54, 1.807) is 0 Å². The van der Waals surface area contributed by atoms with Gasteiger partial charge in [0, 0.05) is 23.1 Å². The number of anilines is 1. The number of rotatable bonds is 1. The number of nitrogens with zero attached hydrogens (tertiary/aromatic N) is 1. The van der Waals surface area contributed by atoms with E-state index in [0.29, 0.717) is 6.42 Å². The van der Waals surface area contributed by atoms with Gasteiger partial charge in [0.2, 0.25) is 5.91 Å². The molecule has 0 fully saturated rings. The van der Waals surface area contributed by atoms with Crippen LogP contribution in [-0.4, -0.2) is 15.9 Å². The monoisotopic (exact) mass is 291 g/mol. The number of carbonyl (C=O) groups excluding carboxylic acids is 1. The van der Waals surface area contributed by atoms with Crippen LogP contribution in [0.4, 0.5) is 5.69 Å². The van der Waals surface area contributed by atoms with Gasteiger partial charge >= 0.3 is 0 Å². The molecule has 0 aliphatic carbocycles. The van der Waals surface area contributed by atoms with Gasteiger partial charge in [0.05, 0.1) is 11.0 Å². The third kappa shape index (κ3) is 1.99. The van der Waals surface area contributed by atoms with Crippen molar-refractivity contribution in [2.45, 2.75) is 25.7 Å². The largest absolute Gasteiger partial charge is 0.338 e. The summed E-state index contributed by atoms with van der Waals surface area (Å²) in [7, 11) is 0. The van der Waals surface area contributed by atoms with Crippen LogP contribution in [0.5, 0.6) is 0 Å². The van der Waals surface area contributed by atoms with Crippen LogP contribution in [0.1, 0.15) is 25.8 Å². The van der Waals surface area contributed by atoms with Crippen molar-refractivity contribution in [1.82, 2.24) is 9.97 Å². The van der Waals surface area contributed by atoms with Gasteiger partial charge in [-0.1, -0.05) is 26.0 Å². The minimum absolute atomic E-state index is 0.0778. The molecule has 1 aromatic heterocycles. The first-order chi connectivity index (χ1) is 10.5. The molecule has 1 aliphatic heterocycles. The zero-order chi connectivity index (χ0) is 15.3. The number of hydrogen-bond acceptors (Lipinski definition) is 2. The van der Waals surface area contributed by atoms with Crippen molar-refractivity contribution in [3.63, 3.8) is 0 Å². The van der Waals surface area contributed by atoms with E-state index in [1.165, 1.54) is 0 Å². The first-order valence-electron chi connectivity index (χ1n) is 7.42. The molecule has 2 N–H and O–H groups in total. The van der Waals surface area contributed by atoms with Crippen molar-refractivity contribution in [1.29, 1.82) is 0 Å². The maximum absolute atomic E-state index is 11.8. The Morgan fingerprint density at radius 1 is 1.14 bits per heavy atom. The van der Waals surface area contributed by atoms with Crippen LogP contribution in [0.2, 0.25) is 0 Å². The molecule has 1 amide bonds. The fourth-order valence-electron chi connectivity index (χ4n) is 3.14. The second-order valence-electron chi connectivity index (χ2n) is 6.47. The molecular formula is C18H17N3O. The van der Waals surface area contributed by atoms with Gasteiger partial charge in [0.25, 0.3) is 0 Å². The molecule has 110 valence electrons. The van der Waals surface area contributed by atoms with Gasteiger partial charge in [0.15, 0.2) is 0 Å². The van der Waals surface area contributed by atoms with E-state index in [4.69, 9.17) is 0 Å². The Hall–Kier alpha value is -2.62. The lowest BCUT2D eigenvalue weighted by atomic mass is 9.77. The van der Waals surface area contributed by atoms with Crippen LogP contribution in [0.15, 0.2) is 42.5 Å². The van der Waals surface area contributed by atoms with Crippen LogP contribution in [0.25, 0.3) is 22.4 Å². The third-order valence-corrected chi connectivity index (χ3v) is 4.29. The molecule has 0 unspecified atom stereocenters. The molecular weight excluding hydrogens is 274 g/mol. The maximum atomic E-state index is 11.8. The minimum atomic E-state index is -0.167. The summed E-state index contributed by atoms with van der Waals surface area (Å²) in [5.74, 6) is 0.936. The van der Waals surface area contributed by atoms with Crippen molar-refractivity contribution < 1.29 is 4.79 Å². The number of amides is 1. The number of para-hydroxylation sites is 2. The quantitative estimate of drug-likeness (QED) is 0.715. The molecule has 3 aromatic rings. The smallest absolute Gasteiger partial charge is 0.225 e. The molecule has 2 heterocycles. The zero-order valence-electron chi connectivity index (χ0n) is 12.6. The minimum Gasteiger partial charge on any atom is -0.338 e. The first kappa shape index (κ1) is 13.1. The van der Waals surface area contributed by atoms with E-state index in [-0.39, 0.29) is 11.3 Å². The molecule has 0 bridgehead atoms. The SMILES string of the molecule is CC1(C)CC(=O)Nc2ccc(-c3nc4ccccc4[nH]3)cc21. The van der Waals surface area contributed by atoms with E-state index in [1.807, 2.05) is 36.4 Å². The number of fused-ring (bicyclic) bond motifs is 2. The number of aromatic amines is 1. The number of H-pyrrole nitrogens is 1. The van der Waals surface area contributed by atoms with Gasteiger partial charge in [-0.25, -0.2) is 4.98 Å². The van der Waals surface area contributed by atoms with Crippen LogP contribution < -0.4 is 5.32 Å². The molecule has 4 nitrogen and oxygen atoms in total. The van der Waals surface area contributed by atoms with Crippen LogP contribution >= 0.6 is 0 Å². The van der Waals surface area contributed by atoms with Crippen molar-refractivity contribution in [3.8, 4) is 11.4 Å². The Labute approximate surface area is 128 Å². The molecule has 0 atom stereocenters. The van der Waals surface area contributed by atoms with E-state index in [2.05, 4.69) is 35.2 Å². The van der Waals surface area contributed by atoms with Gasteiger partial charge in [-0.15, -0.1) is 0 Å². The highest BCUT2D eigenvalue weighted by Gasteiger charge is 2.32. The summed E-state index contributed by atoms with van der Waals surface area (Å²) in [5.41, 5.74) is 4.93. The van der Waals surface area contributed by atoms with Gasteiger partial charge in [0.1, 0.15) is 5.82 Å². The lowest BCUT2D eigenvalue weighted by Gasteiger charge is -2.32. The predicted octanol–water partition coefficient (Wildman–Crippen LogP) is 3.85. The van der Waals surface area contributed by atoms with E-state index >= 15 is 0 Å². The number of hydrogen-bond donors (Lipinski definition) is 2. The molecule has 1 aliphatic rings. The zero-order valence-corrected chi connectivity index (χ0v) is 12.6. The normalized spacial score (nSPS) is 16.4. The van der Waals surface area contributed by atoms with E-state index in [0.717, 1.165) is 33.7 Å². The summed E-state index contributed by atoms with van der Waals surface area (Å²) >= 11 is 0. The van der Waals surface area contributed by atoms with E-state index < -0.39 is 0 Å². The molecule has 2 aromatic carbocycles. The maximum Gasteiger partial charge on any atom is 0.225 e. The predicted molar refractivity (Wildman–Crippen MR) is 87.8 cm³/mol. The van der Waals surface area contributed by atoms with Crippen LogP contribution in [-0.2, 0) is 10.2 Å². The van der Waals surface area contributed by atoms with Gasteiger partial charge in [-0.05, 0) is 35.9 Å². The molecule has 0 spiro atoms. The Balaban J connectivity index is 1.85. The Bertz CT molecular complexity index is 859. The Morgan fingerprint density at radius 3 is 2.77 bits per heavy atom. The summed E-state index contributed by atoms with van der Waals surface area (Å²) in [4.78, 5) is 19.8. The van der Waals surface area contributed by atoms with Gasteiger partial charge in [-0.2, -0.15) is 0 Å². The lowest BCUT2D eigenvalue weighted by Crippen LogP contribution is -2.32. The fourth-order valence-corrected chi connectivity index (χ4v) is 3.14. The average Bonchev–Trinajstić information content (AvgIpc) is 2.90. The highest BCUT2D eigenvalue weighted by Crippen LogP contribution is 2.39. The Kier molecular flexibility index (Phi) is 2.64. The number of imidazole rings is 1. The number of nitrogens with one attached hydrogen (secondary N) is 2. The number of benzene rings is 2. The summed E-state index contributed by atoms with van der Waals surface area (Å²) < 4.78 is 0. The topological polar surface area (TPSA) is 57.8 Å². The van der Waals surface area contributed by atoms with Crippen LogP contribution in [0, 0.1) is 0 Å². The van der Waals surface area contributed by atoms with Crippen molar-refractivity contribution in [2.75, 3.05) is 5.32 Å². The second-order valence-corrected chi connectivity index (χ2v) is 6.47.